The number of amides is 1. The Morgan fingerprint density at radius 1 is 1.24 bits per heavy atom. The predicted molar refractivity (Wildman–Crippen MR) is 103 cm³/mol. The van der Waals surface area contributed by atoms with Crippen LogP contribution in [0.1, 0.15) is 27.9 Å². The molecule has 156 valence electrons. The number of hydrogen-bond acceptors (Lipinski definition) is 7. The first-order valence-corrected chi connectivity index (χ1v) is 10.5. The molecule has 0 unspecified atom stereocenters. The van der Waals surface area contributed by atoms with Crippen LogP contribution in [0.4, 0.5) is 5.69 Å². The summed E-state index contributed by atoms with van der Waals surface area (Å²) < 4.78 is 38.3. The lowest BCUT2D eigenvalue weighted by molar-refractivity contribution is 0.0513. The van der Waals surface area contributed by atoms with Gasteiger partial charge in [-0.15, -0.1) is 0 Å². The monoisotopic (exact) mass is 422 g/mol. The van der Waals surface area contributed by atoms with Gasteiger partial charge in [0.2, 0.25) is 10.0 Å². The molecule has 1 aromatic carbocycles. The minimum absolute atomic E-state index is 0.0111. The molecule has 10 nitrogen and oxygen atoms in total. The largest absolute Gasteiger partial charge is 0.461 e. The van der Waals surface area contributed by atoms with E-state index in [4.69, 9.17) is 9.47 Å². The molecule has 0 atom stereocenters. The van der Waals surface area contributed by atoms with Crippen molar-refractivity contribution in [1.29, 1.82) is 0 Å². The van der Waals surface area contributed by atoms with E-state index in [9.17, 15) is 18.0 Å². The molecule has 2 aromatic rings. The quantitative estimate of drug-likeness (QED) is 0.686. The molecule has 29 heavy (non-hydrogen) atoms. The molecule has 1 N–H and O–H groups in total. The Labute approximate surface area is 168 Å². The summed E-state index contributed by atoms with van der Waals surface area (Å²) in [5, 5.41) is 6.63. The normalized spacial score (nSPS) is 15.1. The second-order valence-electron chi connectivity index (χ2n) is 6.26. The van der Waals surface area contributed by atoms with Crippen LogP contribution in [-0.4, -0.2) is 67.3 Å². The van der Waals surface area contributed by atoms with Crippen molar-refractivity contribution in [2.45, 2.75) is 11.8 Å². The molecule has 0 spiro atoms. The van der Waals surface area contributed by atoms with Crippen LogP contribution in [0, 0.1) is 0 Å². The van der Waals surface area contributed by atoms with Gasteiger partial charge in [0.25, 0.3) is 5.91 Å². The predicted octanol–water partition coefficient (Wildman–Crippen LogP) is 0.870. The molecule has 1 aliphatic rings. The number of rotatable bonds is 6. The van der Waals surface area contributed by atoms with E-state index in [2.05, 4.69) is 10.4 Å². The number of esters is 1. The molecule has 1 fully saturated rings. The minimum atomic E-state index is -3.68. The molecular formula is C18H22N4O6S. The van der Waals surface area contributed by atoms with Gasteiger partial charge in [-0.2, -0.15) is 9.40 Å². The maximum atomic E-state index is 12.8. The lowest BCUT2D eigenvalue weighted by atomic mass is 10.3. The highest BCUT2D eigenvalue weighted by Gasteiger charge is 2.26. The van der Waals surface area contributed by atoms with Crippen LogP contribution in [0.25, 0.3) is 0 Å². The van der Waals surface area contributed by atoms with Crippen LogP contribution in [0.2, 0.25) is 0 Å². The summed E-state index contributed by atoms with van der Waals surface area (Å²) in [5.41, 5.74) is 0.449. The molecule has 1 aliphatic heterocycles. The number of carbonyl (C=O) groups excluding carboxylic acids is 2. The zero-order valence-electron chi connectivity index (χ0n) is 16.1. The topological polar surface area (TPSA) is 120 Å². The Hall–Kier alpha value is -2.76. The second-order valence-corrected chi connectivity index (χ2v) is 8.20. The molecule has 11 heteroatoms. The van der Waals surface area contributed by atoms with E-state index in [-0.39, 0.29) is 36.0 Å². The average molecular weight is 422 g/mol. The summed E-state index contributed by atoms with van der Waals surface area (Å²) >= 11 is 0. The fraction of sp³-hybridized carbons (Fsp3) is 0.389. The number of hydrogen-bond donors (Lipinski definition) is 1. The third-order valence-electron chi connectivity index (χ3n) is 4.30. The molecule has 3 rings (SSSR count). The van der Waals surface area contributed by atoms with Crippen LogP contribution in [0.5, 0.6) is 0 Å². The van der Waals surface area contributed by atoms with E-state index in [0.717, 1.165) is 0 Å². The van der Waals surface area contributed by atoms with Gasteiger partial charge in [-0.3, -0.25) is 9.48 Å². The fourth-order valence-electron chi connectivity index (χ4n) is 2.84. The van der Waals surface area contributed by atoms with Crippen LogP contribution in [0.15, 0.2) is 35.2 Å². The van der Waals surface area contributed by atoms with Crippen molar-refractivity contribution in [3.8, 4) is 0 Å². The lowest BCUT2D eigenvalue weighted by Gasteiger charge is -2.26. The van der Waals surface area contributed by atoms with Crippen LogP contribution < -0.4 is 5.32 Å². The third kappa shape index (κ3) is 4.63. The van der Waals surface area contributed by atoms with Gasteiger partial charge >= 0.3 is 5.97 Å². The Morgan fingerprint density at radius 2 is 1.97 bits per heavy atom. The van der Waals surface area contributed by atoms with Crippen LogP contribution >= 0.6 is 0 Å². The number of anilines is 1. The summed E-state index contributed by atoms with van der Waals surface area (Å²) in [6.07, 6.45) is 0. The molecule has 1 aromatic heterocycles. The summed E-state index contributed by atoms with van der Waals surface area (Å²) in [6.45, 7) is 3.14. The first kappa shape index (κ1) is 21.0. The maximum Gasteiger partial charge on any atom is 0.356 e. The first-order valence-electron chi connectivity index (χ1n) is 9.03. The molecule has 2 heterocycles. The highest BCUT2D eigenvalue weighted by atomic mass is 32.2. The lowest BCUT2D eigenvalue weighted by Crippen LogP contribution is -2.40. The molecule has 0 saturated carbocycles. The van der Waals surface area contributed by atoms with E-state index in [0.29, 0.717) is 18.9 Å². The van der Waals surface area contributed by atoms with E-state index < -0.39 is 21.9 Å². The standard InChI is InChI=1S/C18H22N4O6S/c1-3-28-18(24)16-12-15(20-21(16)2)17(23)19-13-5-4-6-14(11-13)29(25,26)22-7-9-27-10-8-22/h4-6,11-12H,3,7-10H2,1-2H3,(H,19,23). The molecule has 0 bridgehead atoms. The average Bonchev–Trinajstić information content (AvgIpc) is 3.11. The van der Waals surface area contributed by atoms with Gasteiger partial charge in [0.1, 0.15) is 5.69 Å². The number of nitrogens with one attached hydrogen (secondary N) is 1. The molecule has 0 radical (unpaired) electrons. The number of aryl methyl sites for hydroxylation is 1. The molecule has 0 aliphatic carbocycles. The first-order chi connectivity index (χ1) is 13.8. The zero-order chi connectivity index (χ0) is 21.0. The number of ether oxygens (including phenoxy) is 2. The van der Waals surface area contributed by atoms with Crippen LogP contribution in [0.3, 0.4) is 0 Å². The molecular weight excluding hydrogens is 400 g/mol. The Morgan fingerprint density at radius 3 is 2.66 bits per heavy atom. The maximum absolute atomic E-state index is 12.8. The summed E-state index contributed by atoms with van der Waals surface area (Å²) in [5.74, 6) is -1.16. The number of sulfonamides is 1. The molecule has 1 saturated heterocycles. The van der Waals surface area contributed by atoms with Crippen molar-refractivity contribution in [2.75, 3.05) is 38.2 Å². The van der Waals surface area contributed by atoms with Crippen molar-refractivity contribution < 1.29 is 27.5 Å². The van der Waals surface area contributed by atoms with Gasteiger partial charge < -0.3 is 14.8 Å². The van der Waals surface area contributed by atoms with Gasteiger partial charge in [-0.25, -0.2) is 13.2 Å². The summed E-state index contributed by atoms with van der Waals surface area (Å²) in [4.78, 5) is 24.5. The van der Waals surface area contributed by atoms with E-state index in [1.54, 1.807) is 19.1 Å². The smallest absolute Gasteiger partial charge is 0.356 e. The third-order valence-corrected chi connectivity index (χ3v) is 6.19. The Balaban J connectivity index is 1.77. The Bertz CT molecular complexity index is 1010. The second kappa shape index (κ2) is 8.72. The zero-order valence-corrected chi connectivity index (χ0v) is 16.9. The van der Waals surface area contributed by atoms with E-state index >= 15 is 0 Å². The van der Waals surface area contributed by atoms with E-state index in [1.165, 1.54) is 34.2 Å². The summed E-state index contributed by atoms with van der Waals surface area (Å²) in [6, 6.07) is 7.30. The number of nitrogens with zero attached hydrogens (tertiary/aromatic N) is 3. The number of morpholine rings is 1. The highest BCUT2D eigenvalue weighted by molar-refractivity contribution is 7.89. The SMILES string of the molecule is CCOC(=O)c1cc(C(=O)Nc2cccc(S(=O)(=O)N3CCOCC3)c2)nn1C. The van der Waals surface area contributed by atoms with Gasteiger partial charge in [-0.1, -0.05) is 6.07 Å². The van der Waals surface area contributed by atoms with Crippen molar-refractivity contribution in [2.24, 2.45) is 7.05 Å². The number of carbonyl (C=O) groups is 2. The Kier molecular flexibility index (Phi) is 6.30. The minimum Gasteiger partial charge on any atom is -0.461 e. The van der Waals surface area contributed by atoms with Gasteiger partial charge in [-0.05, 0) is 25.1 Å². The van der Waals surface area contributed by atoms with Crippen molar-refractivity contribution in [3.05, 3.63) is 41.7 Å². The molecule has 1 amide bonds. The van der Waals surface area contributed by atoms with Gasteiger partial charge in [0, 0.05) is 31.9 Å². The van der Waals surface area contributed by atoms with Crippen LogP contribution in [-0.2, 0) is 26.5 Å². The fourth-order valence-corrected chi connectivity index (χ4v) is 4.29. The summed E-state index contributed by atoms with van der Waals surface area (Å²) in [7, 11) is -2.16. The van der Waals surface area contributed by atoms with E-state index in [1.807, 2.05) is 0 Å². The number of benzene rings is 1. The number of aromatic nitrogens is 2. The van der Waals surface area contributed by atoms with Crippen molar-refractivity contribution >= 4 is 27.6 Å². The van der Waals surface area contributed by atoms with Crippen molar-refractivity contribution in [3.63, 3.8) is 0 Å². The van der Waals surface area contributed by atoms with Gasteiger partial charge in [0.15, 0.2) is 5.69 Å². The van der Waals surface area contributed by atoms with Gasteiger partial charge in [0.05, 0.1) is 24.7 Å². The highest BCUT2D eigenvalue weighted by Crippen LogP contribution is 2.21. The van der Waals surface area contributed by atoms with Crippen molar-refractivity contribution in [1.82, 2.24) is 14.1 Å².